The van der Waals surface area contributed by atoms with E-state index in [-0.39, 0.29) is 11.6 Å². The van der Waals surface area contributed by atoms with Crippen molar-refractivity contribution in [1.29, 1.82) is 0 Å². The number of benzene rings is 1. The molecule has 132 valence electrons. The van der Waals surface area contributed by atoms with Crippen molar-refractivity contribution in [2.45, 2.75) is 26.9 Å². The van der Waals surface area contributed by atoms with Crippen LogP contribution in [0.2, 0.25) is 0 Å². The van der Waals surface area contributed by atoms with Gasteiger partial charge in [-0.3, -0.25) is 14.9 Å². The highest BCUT2D eigenvalue weighted by molar-refractivity contribution is 7.21. The second-order valence-electron chi connectivity index (χ2n) is 6.42. The van der Waals surface area contributed by atoms with Crippen molar-refractivity contribution in [3.8, 4) is 0 Å². The zero-order chi connectivity index (χ0) is 18.6. The van der Waals surface area contributed by atoms with E-state index in [1.807, 2.05) is 19.9 Å². The number of aromatic nitrogens is 1. The summed E-state index contributed by atoms with van der Waals surface area (Å²) in [5.41, 5.74) is 3.94. The SMILES string of the molecule is Cc1cc(C)c2c3c(sc2n1)C(=O)N[C@H](c1ccc(C)c([N+](=O)[O-])c1)N3. The predicted octanol–water partition coefficient (Wildman–Crippen LogP) is 3.98. The van der Waals surface area contributed by atoms with Crippen LogP contribution in [0.5, 0.6) is 0 Å². The first-order valence-corrected chi connectivity index (χ1v) is 8.90. The molecular weight excluding hydrogens is 352 g/mol. The summed E-state index contributed by atoms with van der Waals surface area (Å²) in [6.45, 7) is 5.60. The number of amides is 1. The van der Waals surface area contributed by atoms with Crippen LogP contribution in [-0.4, -0.2) is 15.8 Å². The fourth-order valence-corrected chi connectivity index (χ4v) is 4.45. The van der Waals surface area contributed by atoms with Crippen molar-refractivity contribution in [2.24, 2.45) is 0 Å². The number of aryl methyl sites for hydroxylation is 3. The highest BCUT2D eigenvalue weighted by atomic mass is 32.1. The zero-order valence-corrected chi connectivity index (χ0v) is 15.2. The van der Waals surface area contributed by atoms with Gasteiger partial charge in [-0.2, -0.15) is 0 Å². The predicted molar refractivity (Wildman–Crippen MR) is 101 cm³/mol. The minimum absolute atomic E-state index is 0.0352. The van der Waals surface area contributed by atoms with E-state index in [4.69, 9.17) is 0 Å². The number of carbonyl (C=O) groups excluding carboxylic acids is 1. The number of thiophene rings is 1. The number of nitrogens with zero attached hydrogens (tertiary/aromatic N) is 2. The van der Waals surface area contributed by atoms with E-state index >= 15 is 0 Å². The molecule has 0 bridgehead atoms. The first kappa shape index (κ1) is 16.5. The third kappa shape index (κ3) is 2.50. The van der Waals surface area contributed by atoms with Crippen molar-refractivity contribution in [1.82, 2.24) is 10.3 Å². The maximum absolute atomic E-state index is 12.6. The van der Waals surface area contributed by atoms with Gasteiger partial charge in [-0.25, -0.2) is 4.98 Å². The molecule has 2 N–H and O–H groups in total. The Balaban J connectivity index is 1.82. The van der Waals surface area contributed by atoms with Gasteiger partial charge in [0.1, 0.15) is 15.9 Å². The van der Waals surface area contributed by atoms with Crippen LogP contribution in [-0.2, 0) is 0 Å². The summed E-state index contributed by atoms with van der Waals surface area (Å²) in [6, 6.07) is 6.96. The summed E-state index contributed by atoms with van der Waals surface area (Å²) in [7, 11) is 0. The summed E-state index contributed by atoms with van der Waals surface area (Å²) in [6.07, 6.45) is -0.534. The Morgan fingerprint density at radius 1 is 1.15 bits per heavy atom. The van der Waals surface area contributed by atoms with Crippen molar-refractivity contribution in [2.75, 3.05) is 5.32 Å². The molecule has 0 unspecified atom stereocenters. The molecule has 3 aromatic rings. The van der Waals surface area contributed by atoms with Crippen LogP contribution in [0.15, 0.2) is 24.3 Å². The lowest BCUT2D eigenvalue weighted by Crippen LogP contribution is -2.37. The lowest BCUT2D eigenvalue weighted by molar-refractivity contribution is -0.385. The number of rotatable bonds is 2. The summed E-state index contributed by atoms with van der Waals surface area (Å²) in [4.78, 5) is 29.4. The third-order valence-corrected chi connectivity index (χ3v) is 5.60. The number of anilines is 1. The largest absolute Gasteiger partial charge is 0.360 e. The number of hydrogen-bond acceptors (Lipinski definition) is 6. The van der Waals surface area contributed by atoms with Crippen LogP contribution in [0.25, 0.3) is 10.2 Å². The Hall–Kier alpha value is -3.00. The molecule has 2 aromatic heterocycles. The minimum Gasteiger partial charge on any atom is -0.360 e. The average Bonchev–Trinajstić information content (AvgIpc) is 2.94. The number of nitro groups is 1. The standard InChI is InChI=1S/C18H16N4O3S/c1-8-4-5-11(7-12(8)22(24)25)16-20-14-13-9(2)6-10(3)19-18(13)26-15(14)17(23)21-16/h4-7,16,20H,1-3H3,(H,21,23)/t16-/m1/s1. The summed E-state index contributed by atoms with van der Waals surface area (Å²) in [5, 5.41) is 18.4. The normalized spacial score (nSPS) is 16.1. The molecule has 0 saturated heterocycles. The van der Waals surface area contributed by atoms with Crippen LogP contribution >= 0.6 is 11.3 Å². The topological polar surface area (TPSA) is 97.2 Å². The maximum atomic E-state index is 12.6. The molecule has 26 heavy (non-hydrogen) atoms. The van der Waals surface area contributed by atoms with Gasteiger partial charge in [0.2, 0.25) is 0 Å². The molecule has 3 heterocycles. The monoisotopic (exact) mass is 368 g/mol. The Bertz CT molecular complexity index is 1090. The van der Waals surface area contributed by atoms with E-state index in [1.165, 1.54) is 17.4 Å². The number of nitrogens with one attached hydrogen (secondary N) is 2. The fraction of sp³-hybridized carbons (Fsp3) is 0.222. The summed E-state index contributed by atoms with van der Waals surface area (Å²) < 4.78 is 0. The molecule has 0 aliphatic carbocycles. The van der Waals surface area contributed by atoms with Crippen LogP contribution in [0, 0.1) is 30.9 Å². The minimum atomic E-state index is -0.534. The third-order valence-electron chi connectivity index (χ3n) is 4.52. The number of pyridine rings is 1. The molecule has 1 amide bonds. The van der Waals surface area contributed by atoms with Gasteiger partial charge in [0.05, 0.1) is 10.6 Å². The fourth-order valence-electron chi connectivity index (χ4n) is 3.29. The lowest BCUT2D eigenvalue weighted by Gasteiger charge is -2.26. The molecule has 7 nitrogen and oxygen atoms in total. The maximum Gasteiger partial charge on any atom is 0.272 e. The van der Waals surface area contributed by atoms with E-state index in [0.717, 1.165) is 27.2 Å². The highest BCUT2D eigenvalue weighted by Crippen LogP contribution is 2.41. The van der Waals surface area contributed by atoms with Crippen molar-refractivity contribution >= 4 is 38.8 Å². The number of nitro benzene ring substituents is 1. The molecular formula is C18H16N4O3S. The first-order chi connectivity index (χ1) is 12.3. The Kier molecular flexibility index (Phi) is 3.66. The zero-order valence-electron chi connectivity index (χ0n) is 14.4. The van der Waals surface area contributed by atoms with Gasteiger partial charge in [-0.1, -0.05) is 12.1 Å². The molecule has 1 aliphatic heterocycles. The molecule has 0 spiro atoms. The lowest BCUT2D eigenvalue weighted by atomic mass is 10.0. The summed E-state index contributed by atoms with van der Waals surface area (Å²) in [5.74, 6) is -0.202. The van der Waals surface area contributed by atoms with Gasteiger partial charge in [0, 0.05) is 28.3 Å². The number of hydrogen-bond donors (Lipinski definition) is 2. The van der Waals surface area contributed by atoms with Gasteiger partial charge < -0.3 is 10.6 Å². The van der Waals surface area contributed by atoms with E-state index < -0.39 is 11.1 Å². The number of fused-ring (bicyclic) bond motifs is 3. The Labute approximate surface area is 153 Å². The van der Waals surface area contributed by atoms with Gasteiger partial charge in [0.25, 0.3) is 11.6 Å². The molecule has 0 saturated carbocycles. The van der Waals surface area contributed by atoms with Crippen LogP contribution < -0.4 is 10.6 Å². The Morgan fingerprint density at radius 2 is 1.92 bits per heavy atom. The molecule has 1 atom stereocenters. The van der Waals surface area contributed by atoms with Crippen molar-refractivity contribution < 1.29 is 9.72 Å². The quantitative estimate of drug-likeness (QED) is 0.527. The van der Waals surface area contributed by atoms with E-state index in [2.05, 4.69) is 15.6 Å². The van der Waals surface area contributed by atoms with Crippen LogP contribution in [0.3, 0.4) is 0 Å². The van der Waals surface area contributed by atoms with E-state index in [1.54, 1.807) is 19.1 Å². The van der Waals surface area contributed by atoms with Crippen molar-refractivity contribution in [3.05, 3.63) is 61.6 Å². The van der Waals surface area contributed by atoms with Crippen LogP contribution in [0.1, 0.15) is 38.2 Å². The van der Waals surface area contributed by atoms with E-state index in [9.17, 15) is 14.9 Å². The first-order valence-electron chi connectivity index (χ1n) is 8.08. The van der Waals surface area contributed by atoms with E-state index in [0.29, 0.717) is 16.0 Å². The number of carbonyl (C=O) groups is 1. The molecule has 1 aromatic carbocycles. The molecule has 0 radical (unpaired) electrons. The second-order valence-corrected chi connectivity index (χ2v) is 7.42. The van der Waals surface area contributed by atoms with Gasteiger partial charge in [0.15, 0.2) is 0 Å². The smallest absolute Gasteiger partial charge is 0.272 e. The second kappa shape index (κ2) is 5.77. The van der Waals surface area contributed by atoms with Crippen LogP contribution in [0.4, 0.5) is 11.4 Å². The Morgan fingerprint density at radius 3 is 2.65 bits per heavy atom. The van der Waals surface area contributed by atoms with Gasteiger partial charge in [-0.15, -0.1) is 11.3 Å². The van der Waals surface area contributed by atoms with Gasteiger partial charge in [-0.05, 0) is 32.4 Å². The molecule has 0 fully saturated rings. The average molecular weight is 368 g/mol. The molecule has 4 rings (SSSR count). The highest BCUT2D eigenvalue weighted by Gasteiger charge is 2.30. The molecule has 1 aliphatic rings. The van der Waals surface area contributed by atoms with Gasteiger partial charge >= 0.3 is 0 Å². The molecule has 8 heteroatoms. The van der Waals surface area contributed by atoms with Crippen molar-refractivity contribution in [3.63, 3.8) is 0 Å². The summed E-state index contributed by atoms with van der Waals surface area (Å²) >= 11 is 1.35.